The number of amides is 1. The first-order valence-electron chi connectivity index (χ1n) is 5.18. The zero-order chi connectivity index (χ0) is 12.1. The maximum absolute atomic E-state index is 11.7. The maximum atomic E-state index is 11.7. The number of halogens is 1. The van der Waals surface area contributed by atoms with E-state index in [9.17, 15) is 4.79 Å². The molecule has 0 aliphatic rings. The number of aromatic nitrogens is 1. The monoisotopic (exact) mass is 290 g/mol. The zero-order valence-corrected chi connectivity index (χ0v) is 10.6. The molecule has 4 heteroatoms. The fourth-order valence-electron chi connectivity index (χ4n) is 1.47. The smallest absolute Gasteiger partial charge is 0.228 e. The molecule has 0 aliphatic heterocycles. The molecule has 86 valence electrons. The van der Waals surface area contributed by atoms with Gasteiger partial charge < -0.3 is 5.32 Å². The van der Waals surface area contributed by atoms with Crippen LogP contribution in [0.3, 0.4) is 0 Å². The van der Waals surface area contributed by atoms with Gasteiger partial charge in [-0.15, -0.1) is 0 Å². The summed E-state index contributed by atoms with van der Waals surface area (Å²) >= 11 is 3.38. The molecule has 0 radical (unpaired) electrons. The van der Waals surface area contributed by atoms with Crippen LogP contribution < -0.4 is 5.32 Å². The number of nitrogens with one attached hydrogen (secondary N) is 1. The van der Waals surface area contributed by atoms with Gasteiger partial charge in [-0.05, 0) is 29.8 Å². The molecule has 0 aliphatic carbocycles. The lowest BCUT2D eigenvalue weighted by molar-refractivity contribution is -0.115. The van der Waals surface area contributed by atoms with Crippen molar-refractivity contribution in [1.29, 1.82) is 0 Å². The highest BCUT2D eigenvalue weighted by Crippen LogP contribution is 2.12. The second-order valence-electron chi connectivity index (χ2n) is 3.60. The van der Waals surface area contributed by atoms with Crippen LogP contribution in [0.25, 0.3) is 0 Å². The quantitative estimate of drug-likeness (QED) is 0.944. The van der Waals surface area contributed by atoms with Crippen molar-refractivity contribution >= 4 is 27.5 Å². The first kappa shape index (κ1) is 11.8. The van der Waals surface area contributed by atoms with E-state index in [2.05, 4.69) is 26.2 Å². The van der Waals surface area contributed by atoms with Crippen LogP contribution in [0.1, 0.15) is 5.56 Å². The second kappa shape index (κ2) is 5.59. The predicted molar refractivity (Wildman–Crippen MR) is 70.7 cm³/mol. The highest BCUT2D eigenvalue weighted by molar-refractivity contribution is 9.10. The second-order valence-corrected chi connectivity index (χ2v) is 4.51. The fourth-order valence-corrected chi connectivity index (χ4v) is 1.92. The Bertz CT molecular complexity index is 514. The largest absolute Gasteiger partial charge is 0.324 e. The van der Waals surface area contributed by atoms with Crippen LogP contribution in [0, 0.1) is 0 Å². The SMILES string of the molecule is O=C(Cc1cccc(Br)c1)Nc1cccnc1. The first-order chi connectivity index (χ1) is 8.24. The van der Waals surface area contributed by atoms with Crippen molar-refractivity contribution in [3.05, 3.63) is 58.8 Å². The third-order valence-corrected chi connectivity index (χ3v) is 2.69. The number of anilines is 1. The number of benzene rings is 1. The minimum Gasteiger partial charge on any atom is -0.324 e. The summed E-state index contributed by atoms with van der Waals surface area (Å²) in [5.41, 5.74) is 1.69. The highest BCUT2D eigenvalue weighted by Gasteiger charge is 2.04. The topological polar surface area (TPSA) is 42.0 Å². The average Bonchev–Trinajstić information content (AvgIpc) is 2.30. The molecule has 1 aromatic heterocycles. The Morgan fingerprint density at radius 2 is 2.18 bits per heavy atom. The van der Waals surface area contributed by atoms with Gasteiger partial charge >= 0.3 is 0 Å². The van der Waals surface area contributed by atoms with Gasteiger partial charge in [0.05, 0.1) is 18.3 Å². The van der Waals surface area contributed by atoms with E-state index >= 15 is 0 Å². The van der Waals surface area contributed by atoms with E-state index in [0.29, 0.717) is 12.1 Å². The Labute approximate surface area is 108 Å². The third-order valence-electron chi connectivity index (χ3n) is 2.20. The molecule has 0 saturated carbocycles. The van der Waals surface area contributed by atoms with Crippen LogP contribution in [-0.4, -0.2) is 10.9 Å². The fraction of sp³-hybridized carbons (Fsp3) is 0.0769. The summed E-state index contributed by atoms with van der Waals surface area (Å²) in [5.74, 6) is -0.0453. The van der Waals surface area contributed by atoms with Crippen molar-refractivity contribution in [1.82, 2.24) is 4.98 Å². The number of carbonyl (C=O) groups excluding carboxylic acids is 1. The Kier molecular flexibility index (Phi) is 3.88. The van der Waals surface area contributed by atoms with Crippen LogP contribution in [-0.2, 0) is 11.2 Å². The molecular weight excluding hydrogens is 280 g/mol. The predicted octanol–water partition coefficient (Wildman–Crippen LogP) is 3.03. The Morgan fingerprint density at radius 3 is 2.88 bits per heavy atom. The van der Waals surface area contributed by atoms with Crippen molar-refractivity contribution in [3.63, 3.8) is 0 Å². The van der Waals surface area contributed by atoms with Gasteiger partial charge in [0, 0.05) is 10.7 Å². The number of hydrogen-bond acceptors (Lipinski definition) is 2. The lowest BCUT2D eigenvalue weighted by atomic mass is 10.1. The summed E-state index contributed by atoms with van der Waals surface area (Å²) < 4.78 is 0.976. The molecule has 1 heterocycles. The van der Waals surface area contributed by atoms with Gasteiger partial charge in [-0.3, -0.25) is 9.78 Å². The van der Waals surface area contributed by atoms with E-state index in [-0.39, 0.29) is 5.91 Å². The maximum Gasteiger partial charge on any atom is 0.228 e. The summed E-state index contributed by atoms with van der Waals surface area (Å²) in [6, 6.07) is 11.3. The zero-order valence-electron chi connectivity index (χ0n) is 9.06. The van der Waals surface area contributed by atoms with Crippen molar-refractivity contribution in [2.75, 3.05) is 5.32 Å². The minimum atomic E-state index is -0.0453. The normalized spacial score (nSPS) is 9.94. The first-order valence-corrected chi connectivity index (χ1v) is 5.97. The van der Waals surface area contributed by atoms with Crippen LogP contribution in [0.5, 0.6) is 0 Å². The van der Waals surface area contributed by atoms with Gasteiger partial charge in [0.25, 0.3) is 0 Å². The van der Waals surface area contributed by atoms with Gasteiger partial charge in [-0.1, -0.05) is 28.1 Å². The third kappa shape index (κ3) is 3.67. The van der Waals surface area contributed by atoms with E-state index in [0.717, 1.165) is 10.0 Å². The highest BCUT2D eigenvalue weighted by atomic mass is 79.9. The minimum absolute atomic E-state index is 0.0453. The molecule has 0 spiro atoms. The molecular formula is C13H11BrN2O. The van der Waals surface area contributed by atoms with E-state index in [1.54, 1.807) is 18.5 Å². The van der Waals surface area contributed by atoms with Gasteiger partial charge in [-0.25, -0.2) is 0 Å². The summed E-state index contributed by atoms with van der Waals surface area (Å²) in [4.78, 5) is 15.7. The lowest BCUT2D eigenvalue weighted by Gasteiger charge is -2.04. The van der Waals surface area contributed by atoms with E-state index in [1.807, 2.05) is 30.3 Å². The van der Waals surface area contributed by atoms with Crippen LogP contribution in [0.15, 0.2) is 53.3 Å². The number of nitrogens with zero attached hydrogens (tertiary/aromatic N) is 1. The molecule has 0 unspecified atom stereocenters. The molecule has 1 amide bonds. The number of carbonyl (C=O) groups is 1. The van der Waals surface area contributed by atoms with Crippen LogP contribution in [0.4, 0.5) is 5.69 Å². The summed E-state index contributed by atoms with van der Waals surface area (Å²) in [6.07, 6.45) is 3.65. The van der Waals surface area contributed by atoms with Crippen molar-refractivity contribution < 1.29 is 4.79 Å². The number of pyridine rings is 1. The van der Waals surface area contributed by atoms with Crippen LogP contribution >= 0.6 is 15.9 Å². The van der Waals surface area contributed by atoms with Crippen LogP contribution in [0.2, 0.25) is 0 Å². The number of hydrogen-bond donors (Lipinski definition) is 1. The van der Waals surface area contributed by atoms with E-state index in [1.165, 1.54) is 0 Å². The molecule has 0 atom stereocenters. The Hall–Kier alpha value is -1.68. The molecule has 1 N–H and O–H groups in total. The Morgan fingerprint density at radius 1 is 1.29 bits per heavy atom. The molecule has 3 nitrogen and oxygen atoms in total. The lowest BCUT2D eigenvalue weighted by Crippen LogP contribution is -2.14. The molecule has 2 rings (SSSR count). The standard InChI is InChI=1S/C13H11BrN2O/c14-11-4-1-3-10(7-11)8-13(17)16-12-5-2-6-15-9-12/h1-7,9H,8H2,(H,16,17). The van der Waals surface area contributed by atoms with Crippen molar-refractivity contribution in [2.45, 2.75) is 6.42 Å². The van der Waals surface area contributed by atoms with Gasteiger partial charge in [0.2, 0.25) is 5.91 Å². The summed E-state index contributed by atoms with van der Waals surface area (Å²) in [7, 11) is 0. The Balaban J connectivity index is 1.98. The molecule has 1 aromatic carbocycles. The van der Waals surface area contributed by atoms with Crippen molar-refractivity contribution in [3.8, 4) is 0 Å². The van der Waals surface area contributed by atoms with E-state index in [4.69, 9.17) is 0 Å². The molecule has 17 heavy (non-hydrogen) atoms. The van der Waals surface area contributed by atoms with Gasteiger partial charge in [0.15, 0.2) is 0 Å². The summed E-state index contributed by atoms with van der Waals surface area (Å²) in [5, 5.41) is 2.79. The molecule has 0 fully saturated rings. The molecule has 0 bridgehead atoms. The average molecular weight is 291 g/mol. The molecule has 2 aromatic rings. The molecule has 0 saturated heterocycles. The van der Waals surface area contributed by atoms with Crippen molar-refractivity contribution in [2.24, 2.45) is 0 Å². The van der Waals surface area contributed by atoms with Gasteiger partial charge in [-0.2, -0.15) is 0 Å². The van der Waals surface area contributed by atoms with E-state index < -0.39 is 0 Å². The van der Waals surface area contributed by atoms with Gasteiger partial charge in [0.1, 0.15) is 0 Å². The summed E-state index contributed by atoms with van der Waals surface area (Å²) in [6.45, 7) is 0. The number of rotatable bonds is 3.